The van der Waals surface area contributed by atoms with Crippen LogP contribution in [-0.4, -0.2) is 26.9 Å². The number of aryl methyl sites for hydroxylation is 2. The molecule has 0 unspecified atom stereocenters. The van der Waals surface area contributed by atoms with Gasteiger partial charge in [-0.3, -0.25) is 0 Å². The number of hydrogen-bond acceptors (Lipinski definition) is 3. The molecule has 8 heteroatoms. The largest absolute Gasteiger partial charge is 0.299 e. The Morgan fingerprint density at radius 3 is 2.43 bits per heavy atom. The van der Waals surface area contributed by atoms with Crippen LogP contribution in [0.2, 0.25) is 0 Å². The molecular weight excluding hydrogens is 306 g/mol. The van der Waals surface area contributed by atoms with Gasteiger partial charge in [0.15, 0.2) is 0 Å². The average molecular weight is 319 g/mol. The van der Waals surface area contributed by atoms with Gasteiger partial charge in [0.05, 0.1) is 11.4 Å². The van der Waals surface area contributed by atoms with Crippen LogP contribution >= 0.6 is 11.8 Å². The zero-order valence-electron chi connectivity index (χ0n) is 11.4. The lowest BCUT2D eigenvalue weighted by atomic mass is 10.1. The minimum absolute atomic E-state index is 0.316. The zero-order chi connectivity index (χ0) is 15.6. The number of aromatic nitrogens is 3. The molecule has 0 aliphatic rings. The van der Waals surface area contributed by atoms with Gasteiger partial charge in [0.1, 0.15) is 6.33 Å². The predicted molar refractivity (Wildman–Crippen MR) is 72.5 cm³/mol. The molecule has 0 aliphatic carbocycles. The van der Waals surface area contributed by atoms with Crippen molar-refractivity contribution in [1.29, 1.82) is 0 Å². The van der Waals surface area contributed by atoms with Crippen molar-refractivity contribution < 1.29 is 17.6 Å². The van der Waals surface area contributed by atoms with E-state index in [1.807, 2.05) is 13.0 Å². The second-order valence-corrected chi connectivity index (χ2v) is 5.52. The number of nitrogens with zero attached hydrogens (tertiary/aromatic N) is 3. The van der Waals surface area contributed by atoms with Crippen molar-refractivity contribution in [2.75, 3.05) is 5.75 Å². The Morgan fingerprint density at radius 2 is 1.86 bits per heavy atom. The molecule has 0 saturated heterocycles. The molecule has 114 valence electrons. The fourth-order valence-electron chi connectivity index (χ4n) is 1.87. The average Bonchev–Trinajstić information content (AvgIpc) is 2.87. The molecule has 0 N–H and O–H groups in total. The molecule has 21 heavy (non-hydrogen) atoms. The maximum Gasteiger partial charge on any atom is 0.299 e. The quantitative estimate of drug-likeness (QED) is 0.612. The van der Waals surface area contributed by atoms with Gasteiger partial charge in [-0.05, 0) is 31.0 Å². The highest BCUT2D eigenvalue weighted by atomic mass is 32.2. The van der Waals surface area contributed by atoms with Crippen LogP contribution in [-0.2, 0) is 0 Å². The van der Waals surface area contributed by atoms with Gasteiger partial charge >= 0.3 is 0 Å². The second kappa shape index (κ2) is 6.46. The van der Waals surface area contributed by atoms with Crippen LogP contribution in [0, 0.1) is 13.8 Å². The Hall–Kier alpha value is -1.57. The molecular formula is C13H13F4N3S. The summed E-state index contributed by atoms with van der Waals surface area (Å²) in [5.74, 6) is -0.875. The Labute approximate surface area is 123 Å². The smallest absolute Gasteiger partial charge is 0.220 e. The Balaban J connectivity index is 2.35. The van der Waals surface area contributed by atoms with Crippen LogP contribution in [0.1, 0.15) is 23.4 Å². The van der Waals surface area contributed by atoms with E-state index in [-0.39, 0.29) is 5.75 Å². The Kier molecular flexibility index (Phi) is 4.87. The van der Waals surface area contributed by atoms with Gasteiger partial charge in [0, 0.05) is 4.90 Å². The van der Waals surface area contributed by atoms with Crippen molar-refractivity contribution >= 4 is 11.8 Å². The third-order valence-electron chi connectivity index (χ3n) is 2.81. The summed E-state index contributed by atoms with van der Waals surface area (Å²) < 4.78 is 50.9. The van der Waals surface area contributed by atoms with E-state index in [2.05, 4.69) is 10.1 Å². The molecule has 0 fully saturated rings. The van der Waals surface area contributed by atoms with Crippen molar-refractivity contribution in [3.63, 3.8) is 0 Å². The van der Waals surface area contributed by atoms with Crippen LogP contribution in [0.25, 0.3) is 5.69 Å². The topological polar surface area (TPSA) is 30.7 Å². The fourth-order valence-corrected chi connectivity index (χ4v) is 2.66. The van der Waals surface area contributed by atoms with Gasteiger partial charge < -0.3 is 0 Å². The highest BCUT2D eigenvalue weighted by molar-refractivity contribution is 7.99. The summed E-state index contributed by atoms with van der Waals surface area (Å²) in [6.07, 6.45) is -3.96. The number of alkyl halides is 4. The highest BCUT2D eigenvalue weighted by Gasteiger charge is 2.15. The molecule has 2 rings (SSSR count). The van der Waals surface area contributed by atoms with Crippen molar-refractivity contribution in [2.24, 2.45) is 0 Å². The first kappa shape index (κ1) is 15.8. The molecule has 0 spiro atoms. The maximum atomic E-state index is 12.5. The van der Waals surface area contributed by atoms with E-state index in [1.54, 1.807) is 13.0 Å². The number of hydrogen-bond donors (Lipinski definition) is 0. The zero-order valence-corrected chi connectivity index (χ0v) is 12.2. The third kappa shape index (κ3) is 3.75. The first-order valence-corrected chi connectivity index (χ1v) is 7.09. The normalized spacial score (nSPS) is 11.6. The number of halogens is 4. The van der Waals surface area contributed by atoms with Crippen LogP contribution in [0.3, 0.4) is 0 Å². The van der Waals surface area contributed by atoms with E-state index in [0.29, 0.717) is 10.6 Å². The summed E-state index contributed by atoms with van der Waals surface area (Å²) in [6.45, 7) is 3.62. The molecule has 1 heterocycles. The van der Waals surface area contributed by atoms with E-state index >= 15 is 0 Å². The molecule has 0 bridgehead atoms. The molecule has 0 radical (unpaired) electrons. The van der Waals surface area contributed by atoms with E-state index in [9.17, 15) is 17.6 Å². The van der Waals surface area contributed by atoms with Crippen molar-refractivity contribution in [1.82, 2.24) is 14.8 Å². The van der Waals surface area contributed by atoms with Crippen LogP contribution < -0.4 is 0 Å². The minimum atomic E-state index is -2.75. The Bertz CT molecular complexity index is 628. The lowest BCUT2D eigenvalue weighted by Crippen LogP contribution is -2.01. The number of thioether (sulfide) groups is 1. The van der Waals surface area contributed by atoms with Gasteiger partial charge in [-0.2, -0.15) is 0 Å². The fraction of sp³-hybridized carbons (Fsp3) is 0.385. The van der Waals surface area contributed by atoms with Gasteiger partial charge in [0.25, 0.3) is 6.43 Å². The lowest BCUT2D eigenvalue weighted by Gasteiger charge is -2.11. The first-order valence-electron chi connectivity index (χ1n) is 6.10. The monoisotopic (exact) mass is 319 g/mol. The van der Waals surface area contributed by atoms with Gasteiger partial charge in [-0.1, -0.05) is 6.07 Å². The Morgan fingerprint density at radius 1 is 1.14 bits per heavy atom. The van der Waals surface area contributed by atoms with Crippen LogP contribution in [0.4, 0.5) is 17.6 Å². The van der Waals surface area contributed by atoms with Crippen molar-refractivity contribution in [3.05, 3.63) is 35.4 Å². The van der Waals surface area contributed by atoms with Crippen LogP contribution in [0.5, 0.6) is 0 Å². The van der Waals surface area contributed by atoms with Gasteiger partial charge in [-0.15, -0.1) is 16.9 Å². The second-order valence-electron chi connectivity index (χ2n) is 4.45. The van der Waals surface area contributed by atoms with Gasteiger partial charge in [0.2, 0.25) is 12.2 Å². The molecule has 2 aromatic rings. The molecule has 0 aliphatic heterocycles. The van der Waals surface area contributed by atoms with E-state index in [4.69, 9.17) is 0 Å². The predicted octanol–water partition coefficient (Wildman–Crippen LogP) is 4.18. The molecule has 0 amide bonds. The summed E-state index contributed by atoms with van der Waals surface area (Å²) in [5, 5.41) is 3.70. The molecule has 0 saturated carbocycles. The van der Waals surface area contributed by atoms with E-state index < -0.39 is 18.7 Å². The summed E-state index contributed by atoms with van der Waals surface area (Å²) in [7, 11) is 0. The standard InChI is InChI=1S/C13H13F4N3S/c1-7-3-8(2)10(21-5-11(14)15)4-9(7)20-6-18-13(19-20)12(16)17/h3-4,6,11-12H,5H2,1-2H3. The highest BCUT2D eigenvalue weighted by Crippen LogP contribution is 2.29. The summed E-state index contributed by atoms with van der Waals surface area (Å²) >= 11 is 1.03. The van der Waals surface area contributed by atoms with Crippen molar-refractivity contribution in [3.8, 4) is 5.69 Å². The summed E-state index contributed by atoms with van der Waals surface area (Å²) in [4.78, 5) is 4.21. The maximum absolute atomic E-state index is 12.5. The van der Waals surface area contributed by atoms with Gasteiger partial charge in [-0.25, -0.2) is 27.2 Å². The summed E-state index contributed by atoms with van der Waals surface area (Å²) in [5.41, 5.74) is 2.22. The number of benzene rings is 1. The SMILES string of the molecule is Cc1cc(C)c(-n2cnc(C(F)F)n2)cc1SCC(F)F. The molecule has 3 nitrogen and oxygen atoms in total. The lowest BCUT2D eigenvalue weighted by molar-refractivity contribution is 0.140. The number of rotatable bonds is 5. The molecule has 1 aromatic heterocycles. The minimum Gasteiger partial charge on any atom is -0.220 e. The van der Waals surface area contributed by atoms with E-state index in [1.165, 1.54) is 11.0 Å². The van der Waals surface area contributed by atoms with Crippen LogP contribution in [0.15, 0.2) is 23.4 Å². The first-order chi connectivity index (χ1) is 9.88. The third-order valence-corrected chi connectivity index (χ3v) is 3.98. The van der Waals surface area contributed by atoms with E-state index in [0.717, 1.165) is 22.9 Å². The van der Waals surface area contributed by atoms with Crippen molar-refractivity contribution in [2.45, 2.75) is 31.6 Å². The molecule has 0 atom stereocenters. The molecule has 1 aromatic carbocycles. The summed E-state index contributed by atoms with van der Waals surface area (Å²) in [6, 6.07) is 3.48.